The minimum absolute atomic E-state index is 0.0370. The smallest absolute Gasteiger partial charge is 0.291 e. The molecule has 3 aromatic rings. The minimum Gasteiger partial charge on any atom is -0.504 e. The van der Waals surface area contributed by atoms with Gasteiger partial charge in [-0.3, -0.25) is 9.48 Å². The number of nitrogens with one attached hydrogen (secondary N) is 1. The summed E-state index contributed by atoms with van der Waals surface area (Å²) in [5.41, 5.74) is 4.45. The average molecular weight is 429 g/mol. The molecule has 7 nitrogen and oxygen atoms in total. The SMILES string of the molecule is COc1cc(/C=N/NC(=O)c2ccn(Cc3ccc(Br)cc3)n2)ccc1O. The van der Waals surface area contributed by atoms with Gasteiger partial charge in [0.15, 0.2) is 17.2 Å². The summed E-state index contributed by atoms with van der Waals surface area (Å²) in [5.74, 6) is -0.0430. The Morgan fingerprint density at radius 3 is 2.81 bits per heavy atom. The third-order valence-corrected chi connectivity index (χ3v) is 4.24. The van der Waals surface area contributed by atoms with Crippen molar-refractivity contribution in [1.29, 1.82) is 0 Å². The third kappa shape index (κ3) is 4.95. The van der Waals surface area contributed by atoms with E-state index < -0.39 is 5.91 Å². The van der Waals surface area contributed by atoms with Crippen LogP contribution in [0.2, 0.25) is 0 Å². The number of methoxy groups -OCH3 is 1. The number of hydrogen-bond acceptors (Lipinski definition) is 5. The van der Waals surface area contributed by atoms with Gasteiger partial charge in [0.05, 0.1) is 19.9 Å². The largest absolute Gasteiger partial charge is 0.504 e. The molecule has 0 saturated heterocycles. The zero-order valence-corrected chi connectivity index (χ0v) is 16.0. The van der Waals surface area contributed by atoms with Crippen LogP contribution in [0.1, 0.15) is 21.6 Å². The molecular formula is C19H17BrN4O3. The van der Waals surface area contributed by atoms with Crippen molar-refractivity contribution in [3.05, 3.63) is 76.0 Å². The van der Waals surface area contributed by atoms with Crippen molar-refractivity contribution >= 4 is 28.1 Å². The number of ether oxygens (including phenoxy) is 1. The zero-order valence-electron chi connectivity index (χ0n) is 14.5. The molecule has 0 radical (unpaired) electrons. The van der Waals surface area contributed by atoms with E-state index in [-0.39, 0.29) is 11.4 Å². The number of hydrazone groups is 1. The van der Waals surface area contributed by atoms with Crippen LogP contribution >= 0.6 is 15.9 Å². The van der Waals surface area contributed by atoms with Gasteiger partial charge >= 0.3 is 0 Å². The van der Waals surface area contributed by atoms with Crippen LogP contribution in [0, 0.1) is 0 Å². The van der Waals surface area contributed by atoms with Gasteiger partial charge in [-0.15, -0.1) is 0 Å². The first-order valence-electron chi connectivity index (χ1n) is 8.03. The predicted molar refractivity (Wildman–Crippen MR) is 105 cm³/mol. The first kappa shape index (κ1) is 18.7. The number of nitrogens with zero attached hydrogens (tertiary/aromatic N) is 3. The normalized spacial score (nSPS) is 10.9. The molecule has 0 aliphatic carbocycles. The first-order valence-corrected chi connectivity index (χ1v) is 8.83. The third-order valence-electron chi connectivity index (χ3n) is 3.71. The van der Waals surface area contributed by atoms with Crippen molar-refractivity contribution < 1.29 is 14.6 Å². The lowest BCUT2D eigenvalue weighted by Gasteiger charge is -2.03. The summed E-state index contributed by atoms with van der Waals surface area (Å²) >= 11 is 3.40. The Labute approximate surface area is 164 Å². The van der Waals surface area contributed by atoms with E-state index in [1.165, 1.54) is 19.4 Å². The van der Waals surface area contributed by atoms with Gasteiger partial charge < -0.3 is 9.84 Å². The lowest BCUT2D eigenvalue weighted by atomic mass is 10.2. The van der Waals surface area contributed by atoms with Crippen molar-refractivity contribution in [3.8, 4) is 11.5 Å². The van der Waals surface area contributed by atoms with Crippen molar-refractivity contribution in [2.75, 3.05) is 7.11 Å². The monoisotopic (exact) mass is 428 g/mol. The Morgan fingerprint density at radius 1 is 1.30 bits per heavy atom. The van der Waals surface area contributed by atoms with Crippen LogP contribution in [0.3, 0.4) is 0 Å². The summed E-state index contributed by atoms with van der Waals surface area (Å²) in [7, 11) is 1.46. The quantitative estimate of drug-likeness (QED) is 0.466. The number of carbonyl (C=O) groups excluding carboxylic acids is 1. The van der Waals surface area contributed by atoms with E-state index in [0.29, 0.717) is 17.9 Å². The zero-order chi connectivity index (χ0) is 19.2. The average Bonchev–Trinajstić information content (AvgIpc) is 3.13. The highest BCUT2D eigenvalue weighted by molar-refractivity contribution is 9.10. The number of amides is 1. The predicted octanol–water partition coefficient (Wildman–Crippen LogP) is 3.17. The summed E-state index contributed by atoms with van der Waals surface area (Å²) in [6.45, 7) is 0.567. The van der Waals surface area contributed by atoms with Gasteiger partial charge in [0.25, 0.3) is 5.91 Å². The first-order chi connectivity index (χ1) is 13.0. The number of benzene rings is 2. The number of carbonyl (C=O) groups is 1. The molecule has 27 heavy (non-hydrogen) atoms. The number of phenolic OH excluding ortho intramolecular Hbond substituents is 1. The minimum atomic E-state index is -0.411. The molecule has 3 rings (SSSR count). The fourth-order valence-electron chi connectivity index (χ4n) is 2.34. The molecule has 0 bridgehead atoms. The van der Waals surface area contributed by atoms with Gasteiger partial charge in [-0.2, -0.15) is 10.2 Å². The number of aromatic hydroxyl groups is 1. The highest BCUT2D eigenvalue weighted by Gasteiger charge is 2.09. The maximum Gasteiger partial charge on any atom is 0.291 e. The number of rotatable bonds is 6. The Morgan fingerprint density at radius 2 is 2.07 bits per heavy atom. The van der Waals surface area contributed by atoms with Gasteiger partial charge in [0.1, 0.15) is 0 Å². The van der Waals surface area contributed by atoms with Crippen LogP contribution in [-0.4, -0.2) is 34.1 Å². The van der Waals surface area contributed by atoms with E-state index >= 15 is 0 Å². The fraction of sp³-hybridized carbons (Fsp3) is 0.105. The van der Waals surface area contributed by atoms with Gasteiger partial charge in [0, 0.05) is 10.7 Å². The van der Waals surface area contributed by atoms with Crippen LogP contribution in [0.25, 0.3) is 0 Å². The maximum atomic E-state index is 12.2. The molecule has 0 spiro atoms. The Balaban J connectivity index is 1.60. The van der Waals surface area contributed by atoms with Gasteiger partial charge in [-0.05, 0) is 47.5 Å². The second-order valence-corrected chi connectivity index (χ2v) is 6.57. The molecular weight excluding hydrogens is 412 g/mol. The van der Waals surface area contributed by atoms with E-state index in [2.05, 4.69) is 31.6 Å². The second kappa shape index (κ2) is 8.50. The lowest BCUT2D eigenvalue weighted by Crippen LogP contribution is -2.18. The van der Waals surface area contributed by atoms with Crippen LogP contribution in [0.15, 0.2) is 64.3 Å². The Kier molecular flexibility index (Phi) is 5.87. The molecule has 0 atom stereocenters. The molecule has 138 valence electrons. The van der Waals surface area contributed by atoms with Crippen LogP contribution in [-0.2, 0) is 6.54 Å². The molecule has 1 aromatic heterocycles. The number of halogens is 1. The van der Waals surface area contributed by atoms with Crippen molar-refractivity contribution in [1.82, 2.24) is 15.2 Å². The molecule has 0 aliphatic heterocycles. The summed E-state index contributed by atoms with van der Waals surface area (Å²) in [6, 6.07) is 14.3. The van der Waals surface area contributed by atoms with E-state index in [1.807, 2.05) is 24.3 Å². The Hall–Kier alpha value is -3.13. The molecule has 1 amide bonds. The summed E-state index contributed by atoms with van der Waals surface area (Å²) in [6.07, 6.45) is 3.20. The van der Waals surface area contributed by atoms with Crippen LogP contribution in [0.4, 0.5) is 0 Å². The second-order valence-electron chi connectivity index (χ2n) is 5.66. The maximum absolute atomic E-state index is 12.2. The van der Waals surface area contributed by atoms with Gasteiger partial charge in [0.2, 0.25) is 0 Å². The summed E-state index contributed by atoms with van der Waals surface area (Å²) in [5, 5.41) is 17.7. The lowest BCUT2D eigenvalue weighted by molar-refractivity contribution is 0.0949. The molecule has 0 fully saturated rings. The molecule has 2 aromatic carbocycles. The summed E-state index contributed by atoms with van der Waals surface area (Å²) < 4.78 is 7.72. The fourth-order valence-corrected chi connectivity index (χ4v) is 2.61. The van der Waals surface area contributed by atoms with E-state index in [9.17, 15) is 9.90 Å². The molecule has 2 N–H and O–H groups in total. The van der Waals surface area contributed by atoms with Crippen molar-refractivity contribution in [3.63, 3.8) is 0 Å². The van der Waals surface area contributed by atoms with E-state index in [0.717, 1.165) is 10.0 Å². The molecule has 1 heterocycles. The molecule has 0 aliphatic rings. The van der Waals surface area contributed by atoms with Crippen LogP contribution < -0.4 is 10.2 Å². The van der Waals surface area contributed by atoms with E-state index in [4.69, 9.17) is 4.74 Å². The molecule has 0 saturated carbocycles. The highest BCUT2D eigenvalue weighted by atomic mass is 79.9. The number of phenols is 1. The van der Waals surface area contributed by atoms with Gasteiger partial charge in [-0.25, -0.2) is 5.43 Å². The topological polar surface area (TPSA) is 88.7 Å². The standard InChI is InChI=1S/C19H17BrN4O3/c1-27-18-10-14(4-7-17(18)25)11-21-22-19(26)16-8-9-24(23-16)12-13-2-5-15(20)6-3-13/h2-11,25H,12H2,1H3,(H,22,26)/b21-11+. The van der Waals surface area contributed by atoms with Crippen LogP contribution in [0.5, 0.6) is 11.5 Å². The molecule has 8 heteroatoms. The van der Waals surface area contributed by atoms with E-state index in [1.54, 1.807) is 29.1 Å². The van der Waals surface area contributed by atoms with Crippen molar-refractivity contribution in [2.45, 2.75) is 6.54 Å². The van der Waals surface area contributed by atoms with Crippen molar-refractivity contribution in [2.24, 2.45) is 5.10 Å². The van der Waals surface area contributed by atoms with Gasteiger partial charge in [-0.1, -0.05) is 28.1 Å². The number of hydrogen-bond donors (Lipinski definition) is 2. The molecule has 0 unspecified atom stereocenters. The number of aromatic nitrogens is 2. The summed E-state index contributed by atoms with van der Waals surface area (Å²) in [4.78, 5) is 12.2. The Bertz CT molecular complexity index is 967. The highest BCUT2D eigenvalue weighted by Crippen LogP contribution is 2.25.